The van der Waals surface area contributed by atoms with Gasteiger partial charge in [-0.05, 0) is 31.0 Å². The molecule has 0 aliphatic carbocycles. The van der Waals surface area contributed by atoms with Crippen molar-refractivity contribution in [2.24, 2.45) is 0 Å². The number of aromatic carboxylic acids is 1. The van der Waals surface area contributed by atoms with Crippen LogP contribution in [0.15, 0.2) is 22.6 Å². The molecule has 0 atom stereocenters. The van der Waals surface area contributed by atoms with Gasteiger partial charge in [-0.2, -0.15) is 0 Å². The second-order valence-corrected chi connectivity index (χ2v) is 6.23. The van der Waals surface area contributed by atoms with E-state index < -0.39 is 5.97 Å². The lowest BCUT2D eigenvalue weighted by molar-refractivity contribution is -0.130. The Bertz CT molecular complexity index is 856. The molecule has 152 valence electrons. The topological polar surface area (TPSA) is 98.4 Å². The smallest absolute Gasteiger partial charge is 0.339 e. The Kier molecular flexibility index (Phi) is 6.92. The maximum atomic E-state index is 12.5. The van der Waals surface area contributed by atoms with Crippen molar-refractivity contribution >= 4 is 11.9 Å². The van der Waals surface area contributed by atoms with E-state index in [1.54, 1.807) is 27.1 Å². The number of ether oxygens (including phenoxy) is 3. The highest BCUT2D eigenvalue weighted by atomic mass is 16.5. The standard InChI is InChI=1S/C20H25NO7/c1-12-15(20(23)24)10-14(28-12)11-21(2)17(22)9-7-13-6-8-16(25-3)19(27-5)18(13)26-4/h6,8,10H,7,9,11H2,1-5H3,(H,23,24). The van der Waals surface area contributed by atoms with Gasteiger partial charge in [-0.1, -0.05) is 6.07 Å². The van der Waals surface area contributed by atoms with Crippen LogP contribution in [0, 0.1) is 6.92 Å². The number of rotatable bonds is 9. The number of amides is 1. The molecule has 0 spiro atoms. The van der Waals surface area contributed by atoms with Gasteiger partial charge in [0, 0.05) is 13.5 Å². The van der Waals surface area contributed by atoms with Crippen LogP contribution in [0.5, 0.6) is 17.2 Å². The lowest BCUT2D eigenvalue weighted by atomic mass is 10.1. The van der Waals surface area contributed by atoms with Gasteiger partial charge in [-0.15, -0.1) is 0 Å². The SMILES string of the molecule is COc1ccc(CCC(=O)N(C)Cc2cc(C(=O)O)c(C)o2)c(OC)c1OC. The van der Waals surface area contributed by atoms with Crippen molar-refractivity contribution in [1.82, 2.24) is 4.90 Å². The second-order valence-electron chi connectivity index (χ2n) is 6.23. The first-order valence-electron chi connectivity index (χ1n) is 8.66. The summed E-state index contributed by atoms with van der Waals surface area (Å²) in [5, 5.41) is 9.09. The summed E-state index contributed by atoms with van der Waals surface area (Å²) in [7, 11) is 6.25. The molecule has 28 heavy (non-hydrogen) atoms. The van der Waals surface area contributed by atoms with E-state index >= 15 is 0 Å². The van der Waals surface area contributed by atoms with Crippen molar-refractivity contribution in [2.75, 3.05) is 28.4 Å². The fourth-order valence-corrected chi connectivity index (χ4v) is 2.95. The molecule has 0 saturated carbocycles. The number of nitrogens with zero attached hydrogens (tertiary/aromatic N) is 1. The summed E-state index contributed by atoms with van der Waals surface area (Å²) in [5.41, 5.74) is 0.926. The van der Waals surface area contributed by atoms with Crippen LogP contribution in [0.25, 0.3) is 0 Å². The third-order valence-corrected chi connectivity index (χ3v) is 4.41. The van der Waals surface area contributed by atoms with E-state index in [1.165, 1.54) is 25.2 Å². The summed E-state index contributed by atoms with van der Waals surface area (Å²) >= 11 is 0. The number of carboxylic acids is 1. The molecule has 1 aromatic carbocycles. The Morgan fingerprint density at radius 3 is 2.32 bits per heavy atom. The molecule has 1 aromatic heterocycles. The van der Waals surface area contributed by atoms with Gasteiger partial charge < -0.3 is 28.6 Å². The number of methoxy groups -OCH3 is 3. The molecule has 0 saturated heterocycles. The van der Waals surface area contributed by atoms with Crippen molar-refractivity contribution in [2.45, 2.75) is 26.3 Å². The summed E-state index contributed by atoms with van der Waals surface area (Å²) in [4.78, 5) is 25.1. The zero-order valence-electron chi connectivity index (χ0n) is 16.7. The third kappa shape index (κ3) is 4.57. The maximum Gasteiger partial charge on any atom is 0.339 e. The molecular weight excluding hydrogens is 366 g/mol. The Hall–Kier alpha value is -3.16. The van der Waals surface area contributed by atoms with E-state index in [2.05, 4.69) is 0 Å². The molecule has 8 nitrogen and oxygen atoms in total. The van der Waals surface area contributed by atoms with E-state index in [1.807, 2.05) is 6.07 Å². The summed E-state index contributed by atoms with van der Waals surface area (Å²) in [6.07, 6.45) is 0.693. The van der Waals surface area contributed by atoms with Gasteiger partial charge >= 0.3 is 5.97 Å². The number of carbonyl (C=O) groups is 2. The predicted octanol–water partition coefficient (Wildman–Crippen LogP) is 2.90. The van der Waals surface area contributed by atoms with Gasteiger partial charge in [0.2, 0.25) is 11.7 Å². The van der Waals surface area contributed by atoms with Crippen molar-refractivity contribution in [3.05, 3.63) is 40.8 Å². The van der Waals surface area contributed by atoms with Crippen LogP contribution in [0.4, 0.5) is 0 Å². The first kappa shape index (κ1) is 21.1. The molecule has 8 heteroatoms. The average Bonchev–Trinajstić information content (AvgIpc) is 3.05. The summed E-state index contributed by atoms with van der Waals surface area (Å²) < 4.78 is 21.5. The minimum atomic E-state index is -1.05. The molecule has 2 rings (SSSR count). The van der Waals surface area contributed by atoms with Crippen LogP contribution < -0.4 is 14.2 Å². The average molecular weight is 391 g/mol. The number of hydrogen-bond acceptors (Lipinski definition) is 6. The molecule has 0 radical (unpaired) electrons. The number of carboxylic acid groups (broad SMARTS) is 1. The molecule has 0 aliphatic heterocycles. The third-order valence-electron chi connectivity index (χ3n) is 4.41. The molecule has 0 aliphatic rings. The Labute approximate surface area is 163 Å². The number of aryl methyl sites for hydroxylation is 2. The molecule has 1 amide bonds. The highest BCUT2D eigenvalue weighted by Gasteiger charge is 2.19. The van der Waals surface area contributed by atoms with Crippen LogP contribution in [0.2, 0.25) is 0 Å². The van der Waals surface area contributed by atoms with E-state index in [0.717, 1.165) is 5.56 Å². The summed E-state index contributed by atoms with van der Waals surface area (Å²) in [6, 6.07) is 5.05. The molecule has 1 N–H and O–H groups in total. The van der Waals surface area contributed by atoms with Gasteiger partial charge in [0.1, 0.15) is 17.1 Å². The van der Waals surface area contributed by atoms with Gasteiger partial charge in [-0.3, -0.25) is 4.79 Å². The molecular formula is C20H25NO7. The van der Waals surface area contributed by atoms with Crippen LogP contribution >= 0.6 is 0 Å². The van der Waals surface area contributed by atoms with Crippen LogP contribution in [-0.2, 0) is 17.8 Å². The molecule has 0 bridgehead atoms. The van der Waals surface area contributed by atoms with Crippen LogP contribution in [0.1, 0.15) is 33.9 Å². The Balaban J connectivity index is 2.05. The Morgan fingerprint density at radius 1 is 1.11 bits per heavy atom. The van der Waals surface area contributed by atoms with Gasteiger partial charge in [-0.25, -0.2) is 4.79 Å². The number of hydrogen-bond donors (Lipinski definition) is 1. The minimum absolute atomic E-state index is 0.103. The predicted molar refractivity (Wildman–Crippen MR) is 101 cm³/mol. The highest BCUT2D eigenvalue weighted by molar-refractivity contribution is 5.88. The van der Waals surface area contributed by atoms with E-state index in [-0.39, 0.29) is 24.4 Å². The normalized spacial score (nSPS) is 10.5. The first-order valence-corrected chi connectivity index (χ1v) is 8.66. The molecule has 0 unspecified atom stereocenters. The molecule has 0 fully saturated rings. The zero-order valence-corrected chi connectivity index (χ0v) is 16.7. The Morgan fingerprint density at radius 2 is 1.79 bits per heavy atom. The minimum Gasteiger partial charge on any atom is -0.493 e. The van der Waals surface area contributed by atoms with Gasteiger partial charge in [0.25, 0.3) is 0 Å². The van der Waals surface area contributed by atoms with Crippen molar-refractivity contribution < 1.29 is 33.3 Å². The zero-order chi connectivity index (χ0) is 20.8. The summed E-state index contributed by atoms with van der Waals surface area (Å²) in [5.74, 6) is 1.15. The fraction of sp³-hybridized carbons (Fsp3) is 0.400. The monoisotopic (exact) mass is 391 g/mol. The van der Waals surface area contributed by atoms with E-state index in [9.17, 15) is 9.59 Å². The maximum absolute atomic E-state index is 12.5. The van der Waals surface area contributed by atoms with Crippen molar-refractivity contribution in [3.8, 4) is 17.2 Å². The van der Waals surface area contributed by atoms with E-state index in [4.69, 9.17) is 23.7 Å². The largest absolute Gasteiger partial charge is 0.493 e. The molecule has 2 aromatic rings. The van der Waals surface area contributed by atoms with Crippen LogP contribution in [0.3, 0.4) is 0 Å². The second kappa shape index (κ2) is 9.16. The van der Waals surface area contributed by atoms with Crippen molar-refractivity contribution in [1.29, 1.82) is 0 Å². The first-order chi connectivity index (χ1) is 13.3. The van der Waals surface area contributed by atoms with Crippen molar-refractivity contribution in [3.63, 3.8) is 0 Å². The lowest BCUT2D eigenvalue weighted by Crippen LogP contribution is -2.26. The highest BCUT2D eigenvalue weighted by Crippen LogP contribution is 2.40. The quantitative estimate of drug-likeness (QED) is 0.702. The number of furan rings is 1. The van der Waals surface area contributed by atoms with Crippen LogP contribution in [-0.4, -0.2) is 50.3 Å². The lowest BCUT2D eigenvalue weighted by Gasteiger charge is -2.18. The summed E-state index contributed by atoms with van der Waals surface area (Å²) in [6.45, 7) is 1.77. The molecule has 1 heterocycles. The fourth-order valence-electron chi connectivity index (χ4n) is 2.95. The number of carbonyl (C=O) groups excluding carboxylic acids is 1. The number of benzene rings is 1. The van der Waals surface area contributed by atoms with E-state index in [0.29, 0.717) is 35.2 Å². The van der Waals surface area contributed by atoms with Gasteiger partial charge in [0.15, 0.2) is 11.5 Å². The van der Waals surface area contributed by atoms with Gasteiger partial charge in [0.05, 0.1) is 27.9 Å².